The molecule has 0 fully saturated rings. The molecule has 0 unspecified atom stereocenters. The summed E-state index contributed by atoms with van der Waals surface area (Å²) in [5.41, 5.74) is 7.02. The topological polar surface area (TPSA) is 0 Å². The molecule has 0 saturated carbocycles. The van der Waals surface area contributed by atoms with E-state index in [1.54, 1.807) is 0 Å². The second-order valence-corrected chi connectivity index (χ2v) is 4.78. The van der Waals surface area contributed by atoms with Gasteiger partial charge in [0, 0.05) is 0 Å². The van der Waals surface area contributed by atoms with Gasteiger partial charge in [-0.1, -0.05) is 55.0 Å². The Morgan fingerprint density at radius 1 is 0.882 bits per heavy atom. The van der Waals surface area contributed by atoms with Crippen LogP contribution in [0, 0.1) is 13.8 Å². The summed E-state index contributed by atoms with van der Waals surface area (Å²) in [6.45, 7) is 6.56. The quantitative estimate of drug-likeness (QED) is 0.722. The molecule has 2 aromatic rings. The molecule has 88 valence electrons. The van der Waals surface area contributed by atoms with Gasteiger partial charge in [-0.2, -0.15) is 0 Å². The average Bonchev–Trinajstić information content (AvgIpc) is 2.32. The number of aryl methyl sites for hydroxylation is 3. The van der Waals surface area contributed by atoms with Crippen LogP contribution in [0.3, 0.4) is 0 Å². The van der Waals surface area contributed by atoms with Crippen molar-refractivity contribution in [2.45, 2.75) is 33.6 Å². The summed E-state index contributed by atoms with van der Waals surface area (Å²) >= 11 is 0. The second-order valence-electron chi connectivity index (χ2n) is 4.78. The normalized spacial score (nSPS) is 10.5. The van der Waals surface area contributed by atoms with E-state index in [2.05, 4.69) is 63.2 Å². The van der Waals surface area contributed by atoms with Crippen molar-refractivity contribution >= 4 is 0 Å². The lowest BCUT2D eigenvalue weighted by Crippen LogP contribution is -1.93. The van der Waals surface area contributed by atoms with Gasteiger partial charge in [0.25, 0.3) is 0 Å². The van der Waals surface area contributed by atoms with Crippen molar-refractivity contribution in [3.63, 3.8) is 0 Å². The van der Waals surface area contributed by atoms with Crippen molar-refractivity contribution in [2.75, 3.05) is 0 Å². The highest BCUT2D eigenvalue weighted by molar-refractivity contribution is 5.35. The third-order valence-electron chi connectivity index (χ3n) is 3.29. The fraction of sp³-hybridized carbons (Fsp3) is 0.294. The maximum atomic E-state index is 2.34. The molecular weight excluding hydrogens is 204 g/mol. The first kappa shape index (κ1) is 11.9. The molecule has 0 aliphatic rings. The van der Waals surface area contributed by atoms with E-state index in [-0.39, 0.29) is 0 Å². The molecule has 17 heavy (non-hydrogen) atoms. The Morgan fingerprint density at radius 2 is 1.65 bits per heavy atom. The van der Waals surface area contributed by atoms with Crippen molar-refractivity contribution in [3.8, 4) is 0 Å². The lowest BCUT2D eigenvalue weighted by Gasteiger charge is -2.08. The zero-order chi connectivity index (χ0) is 12.3. The molecule has 0 heteroatoms. The first-order valence-electron chi connectivity index (χ1n) is 6.33. The van der Waals surface area contributed by atoms with Gasteiger partial charge in [0.05, 0.1) is 0 Å². The third-order valence-corrected chi connectivity index (χ3v) is 3.29. The summed E-state index contributed by atoms with van der Waals surface area (Å²) < 4.78 is 0. The lowest BCUT2D eigenvalue weighted by atomic mass is 9.98. The number of hydrogen-bond donors (Lipinski definition) is 0. The van der Waals surface area contributed by atoms with E-state index in [1.165, 1.54) is 27.8 Å². The Bertz CT molecular complexity index is 509. The molecule has 0 nitrogen and oxygen atoms in total. The van der Waals surface area contributed by atoms with Crippen molar-refractivity contribution in [1.82, 2.24) is 0 Å². The van der Waals surface area contributed by atoms with Gasteiger partial charge in [-0.3, -0.25) is 0 Å². The zero-order valence-electron chi connectivity index (χ0n) is 11.0. The molecule has 0 radical (unpaired) electrons. The fourth-order valence-electron chi connectivity index (χ4n) is 2.27. The van der Waals surface area contributed by atoms with Crippen LogP contribution in [0.4, 0.5) is 0 Å². The molecule has 0 atom stereocenters. The van der Waals surface area contributed by atoms with Gasteiger partial charge in [0.15, 0.2) is 0 Å². The average molecular weight is 224 g/mol. The van der Waals surface area contributed by atoms with Crippen LogP contribution >= 0.6 is 0 Å². The van der Waals surface area contributed by atoms with Gasteiger partial charge in [0.2, 0.25) is 0 Å². The van der Waals surface area contributed by atoms with E-state index < -0.39 is 0 Å². The van der Waals surface area contributed by atoms with Gasteiger partial charge in [-0.15, -0.1) is 0 Å². The van der Waals surface area contributed by atoms with Gasteiger partial charge >= 0.3 is 0 Å². The molecular formula is C17H20. The lowest BCUT2D eigenvalue weighted by molar-refractivity contribution is 1.08. The van der Waals surface area contributed by atoms with Crippen molar-refractivity contribution in [3.05, 3.63) is 70.3 Å². The van der Waals surface area contributed by atoms with Crippen molar-refractivity contribution in [1.29, 1.82) is 0 Å². The molecule has 0 aliphatic carbocycles. The first-order chi connectivity index (χ1) is 8.19. The molecule has 0 spiro atoms. The Balaban J connectivity index is 2.24. The van der Waals surface area contributed by atoms with E-state index in [9.17, 15) is 0 Å². The largest absolute Gasteiger partial charge is 0.0617 e. The van der Waals surface area contributed by atoms with Gasteiger partial charge in [-0.05, 0) is 48.9 Å². The highest BCUT2D eigenvalue weighted by Crippen LogP contribution is 2.16. The standard InChI is InChI=1S/C17H20/c1-4-17-12-16(9-8-14(17)3)11-15-7-5-6-13(2)10-15/h5-10,12H,4,11H2,1-3H3. The summed E-state index contributed by atoms with van der Waals surface area (Å²) in [6, 6.07) is 15.6. The second kappa shape index (κ2) is 5.18. The number of benzene rings is 2. The van der Waals surface area contributed by atoms with E-state index in [4.69, 9.17) is 0 Å². The highest BCUT2D eigenvalue weighted by Gasteiger charge is 2.00. The monoisotopic (exact) mass is 224 g/mol. The third kappa shape index (κ3) is 2.97. The minimum Gasteiger partial charge on any atom is -0.0617 e. The van der Waals surface area contributed by atoms with E-state index in [1.807, 2.05) is 0 Å². The molecule has 0 saturated heterocycles. The van der Waals surface area contributed by atoms with Gasteiger partial charge < -0.3 is 0 Å². The number of rotatable bonds is 3. The summed E-state index contributed by atoms with van der Waals surface area (Å²) in [5.74, 6) is 0. The molecule has 0 aromatic heterocycles. The Labute approximate surface area is 104 Å². The Morgan fingerprint density at radius 3 is 2.35 bits per heavy atom. The van der Waals surface area contributed by atoms with Crippen LogP contribution in [-0.2, 0) is 12.8 Å². The summed E-state index contributed by atoms with van der Waals surface area (Å²) in [6.07, 6.45) is 2.16. The number of hydrogen-bond acceptors (Lipinski definition) is 0. The minimum absolute atomic E-state index is 1.04. The summed E-state index contributed by atoms with van der Waals surface area (Å²) in [7, 11) is 0. The molecule has 2 aromatic carbocycles. The SMILES string of the molecule is CCc1cc(Cc2cccc(C)c2)ccc1C. The van der Waals surface area contributed by atoms with Crippen molar-refractivity contribution in [2.24, 2.45) is 0 Å². The van der Waals surface area contributed by atoms with E-state index in [0.717, 1.165) is 12.8 Å². The smallest absolute Gasteiger partial charge is 0.00256 e. The van der Waals surface area contributed by atoms with Crippen LogP contribution in [0.25, 0.3) is 0 Å². The summed E-state index contributed by atoms with van der Waals surface area (Å²) in [5, 5.41) is 0. The predicted molar refractivity (Wildman–Crippen MR) is 74.5 cm³/mol. The van der Waals surface area contributed by atoms with Crippen LogP contribution in [0.15, 0.2) is 42.5 Å². The molecule has 0 N–H and O–H groups in total. The van der Waals surface area contributed by atoms with Crippen LogP contribution in [-0.4, -0.2) is 0 Å². The molecule has 2 rings (SSSR count). The van der Waals surface area contributed by atoms with Crippen LogP contribution < -0.4 is 0 Å². The Kier molecular flexibility index (Phi) is 3.63. The molecule has 0 amide bonds. The molecule has 0 aliphatic heterocycles. The first-order valence-corrected chi connectivity index (χ1v) is 6.33. The van der Waals surface area contributed by atoms with Crippen molar-refractivity contribution < 1.29 is 0 Å². The summed E-state index contributed by atoms with van der Waals surface area (Å²) in [4.78, 5) is 0. The van der Waals surface area contributed by atoms with Crippen LogP contribution in [0.2, 0.25) is 0 Å². The minimum atomic E-state index is 1.04. The van der Waals surface area contributed by atoms with Gasteiger partial charge in [-0.25, -0.2) is 0 Å². The molecule has 0 heterocycles. The van der Waals surface area contributed by atoms with Gasteiger partial charge in [0.1, 0.15) is 0 Å². The van der Waals surface area contributed by atoms with Crippen LogP contribution in [0.1, 0.15) is 34.7 Å². The van der Waals surface area contributed by atoms with Crippen LogP contribution in [0.5, 0.6) is 0 Å². The molecule has 0 bridgehead atoms. The predicted octanol–water partition coefficient (Wildman–Crippen LogP) is 4.46. The van der Waals surface area contributed by atoms with E-state index in [0.29, 0.717) is 0 Å². The zero-order valence-corrected chi connectivity index (χ0v) is 11.0. The Hall–Kier alpha value is -1.56. The fourth-order valence-corrected chi connectivity index (χ4v) is 2.27. The maximum absolute atomic E-state index is 2.34. The maximum Gasteiger partial charge on any atom is -0.00256 e. The highest BCUT2D eigenvalue weighted by atomic mass is 14.1. The van der Waals surface area contributed by atoms with E-state index >= 15 is 0 Å².